The van der Waals surface area contributed by atoms with Crippen molar-refractivity contribution in [1.29, 1.82) is 0 Å². The van der Waals surface area contributed by atoms with Crippen molar-refractivity contribution >= 4 is 11.9 Å². The number of aliphatic hydroxyl groups is 7. The monoisotopic (exact) mass is 393 g/mol. The maximum Gasteiger partial charge on any atom is 0.335 e. The van der Waals surface area contributed by atoms with Gasteiger partial charge in [0.1, 0.15) is 12.2 Å². The standard InChI is InChI=1S/C6H10O8.3C2H7NO/c7-1(3(9)5(11)12)2(8)4(10)6(13)14;3*3-1-2-4/h1-4,7-10H,(H,11,12)(H,13,14);3*4H,1-3H2/t1-,2+,3+,4-;;;. The zero-order valence-electron chi connectivity index (χ0n) is 14.1. The first-order valence-corrected chi connectivity index (χ1v) is 7.14. The molecule has 14 heteroatoms. The minimum absolute atomic E-state index is 0.0972. The molecule has 0 aliphatic heterocycles. The summed E-state index contributed by atoms with van der Waals surface area (Å²) in [7, 11) is 0. The highest BCUT2D eigenvalue weighted by Crippen LogP contribution is 2.05. The number of aliphatic hydroxyl groups excluding tert-OH is 7. The number of aliphatic carboxylic acids is 2. The van der Waals surface area contributed by atoms with E-state index in [0.717, 1.165) is 0 Å². The minimum Gasteiger partial charge on any atom is -0.479 e. The molecule has 4 atom stereocenters. The molecule has 0 saturated heterocycles. The Hall–Kier alpha value is -1.46. The second-order valence-electron chi connectivity index (χ2n) is 4.08. The molecule has 0 radical (unpaired) electrons. The van der Waals surface area contributed by atoms with E-state index in [0.29, 0.717) is 19.6 Å². The maximum atomic E-state index is 10.1. The van der Waals surface area contributed by atoms with E-state index in [1.807, 2.05) is 0 Å². The largest absolute Gasteiger partial charge is 0.479 e. The van der Waals surface area contributed by atoms with E-state index in [1.165, 1.54) is 0 Å². The van der Waals surface area contributed by atoms with Gasteiger partial charge in [-0.25, -0.2) is 9.59 Å². The molecule has 0 aliphatic rings. The van der Waals surface area contributed by atoms with Crippen molar-refractivity contribution in [3.05, 3.63) is 0 Å². The van der Waals surface area contributed by atoms with E-state index in [-0.39, 0.29) is 19.8 Å². The molecule has 0 aliphatic carbocycles. The van der Waals surface area contributed by atoms with Crippen LogP contribution >= 0.6 is 0 Å². The molecule has 0 heterocycles. The quantitative estimate of drug-likeness (QED) is 0.182. The maximum absolute atomic E-state index is 10.1. The summed E-state index contributed by atoms with van der Waals surface area (Å²) in [6.07, 6.45) is -9.28. The van der Waals surface area contributed by atoms with Crippen LogP contribution < -0.4 is 17.2 Å². The van der Waals surface area contributed by atoms with Gasteiger partial charge in [0.15, 0.2) is 12.2 Å². The van der Waals surface area contributed by atoms with Gasteiger partial charge in [-0.15, -0.1) is 0 Å². The molecule has 0 aromatic heterocycles. The van der Waals surface area contributed by atoms with Crippen LogP contribution in [0.1, 0.15) is 0 Å². The van der Waals surface area contributed by atoms with E-state index in [1.54, 1.807) is 0 Å². The third kappa shape index (κ3) is 22.5. The SMILES string of the molecule is NCCO.NCCO.NCCO.O=C(O)[C@@H](O)[C@H](O)[C@H](O)[C@@H](O)C(=O)O. The van der Waals surface area contributed by atoms with Crippen LogP contribution in [0.3, 0.4) is 0 Å². The van der Waals surface area contributed by atoms with Gasteiger partial charge in [0, 0.05) is 19.6 Å². The van der Waals surface area contributed by atoms with Crippen LogP contribution in [-0.4, -0.2) is 122 Å². The number of carboxylic acids is 2. The van der Waals surface area contributed by atoms with Crippen molar-refractivity contribution in [1.82, 2.24) is 0 Å². The molecular formula is C12H31N3O11. The highest BCUT2D eigenvalue weighted by Gasteiger charge is 2.37. The summed E-state index contributed by atoms with van der Waals surface area (Å²) < 4.78 is 0. The Morgan fingerprint density at radius 1 is 0.615 bits per heavy atom. The summed E-state index contributed by atoms with van der Waals surface area (Å²) in [5.41, 5.74) is 14.3. The first-order chi connectivity index (χ1) is 12.0. The molecule has 15 N–H and O–H groups in total. The molecular weight excluding hydrogens is 362 g/mol. The molecule has 0 bridgehead atoms. The van der Waals surface area contributed by atoms with E-state index in [4.69, 9.17) is 63.2 Å². The number of carboxylic acid groups (broad SMARTS) is 2. The predicted octanol–water partition coefficient (Wildman–Crippen LogP) is -6.59. The average Bonchev–Trinajstić information content (AvgIpc) is 2.65. The van der Waals surface area contributed by atoms with Crippen LogP contribution in [0.4, 0.5) is 0 Å². The van der Waals surface area contributed by atoms with Crippen molar-refractivity contribution < 1.29 is 55.5 Å². The molecule has 0 aromatic rings. The van der Waals surface area contributed by atoms with Crippen molar-refractivity contribution in [2.75, 3.05) is 39.5 Å². The summed E-state index contributed by atoms with van der Waals surface area (Å²) in [6.45, 7) is 1.42. The summed E-state index contributed by atoms with van der Waals surface area (Å²) in [6, 6.07) is 0. The average molecular weight is 393 g/mol. The van der Waals surface area contributed by atoms with Gasteiger partial charge in [0.2, 0.25) is 0 Å². The van der Waals surface area contributed by atoms with Gasteiger partial charge in [-0.2, -0.15) is 0 Å². The molecule has 160 valence electrons. The van der Waals surface area contributed by atoms with Gasteiger partial charge in [-0.1, -0.05) is 0 Å². The van der Waals surface area contributed by atoms with Crippen molar-refractivity contribution in [2.45, 2.75) is 24.4 Å². The number of hydrogen-bond acceptors (Lipinski definition) is 12. The van der Waals surface area contributed by atoms with Gasteiger partial charge in [-0.05, 0) is 0 Å². The lowest BCUT2D eigenvalue weighted by Crippen LogP contribution is -2.49. The topological polar surface area (TPSA) is 294 Å². The van der Waals surface area contributed by atoms with E-state index in [2.05, 4.69) is 0 Å². The molecule has 14 nitrogen and oxygen atoms in total. The lowest BCUT2D eigenvalue weighted by atomic mass is 10.0. The number of hydrogen-bond donors (Lipinski definition) is 12. The fraction of sp³-hybridized carbons (Fsp3) is 0.833. The first kappa shape index (κ1) is 32.2. The molecule has 0 saturated carbocycles. The Morgan fingerprint density at radius 2 is 0.769 bits per heavy atom. The van der Waals surface area contributed by atoms with Crippen molar-refractivity contribution in [3.8, 4) is 0 Å². The molecule has 0 unspecified atom stereocenters. The molecule has 0 amide bonds. The Bertz CT molecular complexity index is 283. The Kier molecular flexibility index (Phi) is 29.2. The van der Waals surface area contributed by atoms with Gasteiger partial charge >= 0.3 is 11.9 Å². The van der Waals surface area contributed by atoms with Crippen molar-refractivity contribution in [3.63, 3.8) is 0 Å². The zero-order chi connectivity index (χ0) is 21.7. The van der Waals surface area contributed by atoms with Crippen LogP contribution in [0.25, 0.3) is 0 Å². The smallest absolute Gasteiger partial charge is 0.335 e. The highest BCUT2D eigenvalue weighted by atomic mass is 16.4. The second-order valence-corrected chi connectivity index (χ2v) is 4.08. The van der Waals surface area contributed by atoms with Crippen LogP contribution in [0.5, 0.6) is 0 Å². The van der Waals surface area contributed by atoms with Gasteiger partial charge < -0.3 is 63.2 Å². The molecule has 0 aromatic carbocycles. The zero-order valence-corrected chi connectivity index (χ0v) is 14.1. The summed E-state index contributed by atoms with van der Waals surface area (Å²) in [5, 5.41) is 74.7. The minimum atomic E-state index is -2.36. The van der Waals surface area contributed by atoms with Crippen LogP contribution in [0.2, 0.25) is 0 Å². The van der Waals surface area contributed by atoms with Crippen LogP contribution in [-0.2, 0) is 9.59 Å². The lowest BCUT2D eigenvalue weighted by Gasteiger charge is -2.21. The van der Waals surface area contributed by atoms with E-state index >= 15 is 0 Å². The van der Waals surface area contributed by atoms with Gasteiger partial charge in [0.05, 0.1) is 19.8 Å². The third-order valence-electron chi connectivity index (χ3n) is 1.89. The highest BCUT2D eigenvalue weighted by molar-refractivity contribution is 5.75. The Labute approximate surface area is 149 Å². The van der Waals surface area contributed by atoms with Crippen LogP contribution in [0, 0.1) is 0 Å². The molecule has 0 fully saturated rings. The summed E-state index contributed by atoms with van der Waals surface area (Å²) >= 11 is 0. The second kappa shape index (κ2) is 23.5. The van der Waals surface area contributed by atoms with Gasteiger partial charge in [-0.3, -0.25) is 0 Å². The fourth-order valence-electron chi connectivity index (χ4n) is 0.666. The van der Waals surface area contributed by atoms with E-state index < -0.39 is 36.4 Å². The van der Waals surface area contributed by atoms with Gasteiger partial charge in [0.25, 0.3) is 0 Å². The fourth-order valence-corrected chi connectivity index (χ4v) is 0.666. The number of nitrogens with two attached hydrogens (primary N) is 3. The molecule has 26 heavy (non-hydrogen) atoms. The van der Waals surface area contributed by atoms with Crippen molar-refractivity contribution in [2.24, 2.45) is 17.2 Å². The Morgan fingerprint density at radius 3 is 0.846 bits per heavy atom. The first-order valence-electron chi connectivity index (χ1n) is 7.14. The normalized spacial score (nSPS) is 13.9. The predicted molar refractivity (Wildman–Crippen MR) is 87.7 cm³/mol. The number of rotatable bonds is 8. The van der Waals surface area contributed by atoms with Crippen LogP contribution in [0.15, 0.2) is 0 Å². The molecule has 0 rings (SSSR count). The Balaban J connectivity index is -0.000000164. The number of carbonyl (C=O) groups is 2. The lowest BCUT2D eigenvalue weighted by molar-refractivity contribution is -0.172. The third-order valence-corrected chi connectivity index (χ3v) is 1.89. The summed E-state index contributed by atoms with van der Waals surface area (Å²) in [5.74, 6) is -3.68. The summed E-state index contributed by atoms with van der Waals surface area (Å²) in [4.78, 5) is 20.2. The van der Waals surface area contributed by atoms with E-state index in [9.17, 15) is 9.59 Å². The molecule has 0 spiro atoms.